The number of nitro groups is 1. The molecule has 0 unspecified atom stereocenters. The SMILES string of the molecule is CCN(CC)c1cc(NC(C)=O)c(N=Nc2ccc(C(=O)OC)c(C(=O)OC)c2[N+](=O)[O-])cc1OC. The van der Waals surface area contributed by atoms with E-state index in [1.54, 1.807) is 6.07 Å². The number of nitrogens with zero attached hydrogens (tertiary/aromatic N) is 4. The van der Waals surface area contributed by atoms with Crippen molar-refractivity contribution < 1.29 is 33.5 Å². The number of nitrogens with one attached hydrogen (secondary N) is 1. The number of methoxy groups -OCH3 is 3. The highest BCUT2D eigenvalue weighted by Crippen LogP contribution is 2.41. The van der Waals surface area contributed by atoms with E-state index in [1.165, 1.54) is 20.1 Å². The molecule has 1 N–H and O–H groups in total. The van der Waals surface area contributed by atoms with Crippen LogP contribution in [0.2, 0.25) is 0 Å². The lowest BCUT2D eigenvalue weighted by molar-refractivity contribution is -0.384. The van der Waals surface area contributed by atoms with Crippen LogP contribution in [0.4, 0.5) is 28.4 Å². The highest BCUT2D eigenvalue weighted by molar-refractivity contribution is 6.07. The van der Waals surface area contributed by atoms with Gasteiger partial charge in [0.05, 0.1) is 43.2 Å². The first-order chi connectivity index (χ1) is 17.1. The Hall–Kier alpha value is -4.55. The molecule has 0 aliphatic carbocycles. The fourth-order valence-electron chi connectivity index (χ4n) is 3.45. The summed E-state index contributed by atoms with van der Waals surface area (Å²) < 4.78 is 14.7. The summed E-state index contributed by atoms with van der Waals surface area (Å²) in [7, 11) is 3.56. The number of anilines is 2. The second kappa shape index (κ2) is 12.2. The van der Waals surface area contributed by atoms with Crippen LogP contribution in [0.25, 0.3) is 0 Å². The molecule has 13 heteroatoms. The normalized spacial score (nSPS) is 10.6. The minimum absolute atomic E-state index is 0.143. The molecule has 0 saturated carbocycles. The van der Waals surface area contributed by atoms with Crippen LogP contribution in [-0.4, -0.2) is 57.2 Å². The molecule has 0 saturated heterocycles. The highest BCUT2D eigenvalue weighted by Gasteiger charge is 2.32. The van der Waals surface area contributed by atoms with Gasteiger partial charge in [-0.3, -0.25) is 14.9 Å². The molecule has 13 nitrogen and oxygen atoms in total. The third-order valence-electron chi connectivity index (χ3n) is 5.11. The minimum atomic E-state index is -1.12. The molecule has 36 heavy (non-hydrogen) atoms. The van der Waals surface area contributed by atoms with Gasteiger partial charge in [0.25, 0.3) is 0 Å². The molecule has 0 atom stereocenters. The van der Waals surface area contributed by atoms with Crippen LogP contribution < -0.4 is 15.0 Å². The lowest BCUT2D eigenvalue weighted by Gasteiger charge is -2.24. The van der Waals surface area contributed by atoms with Crippen molar-refractivity contribution in [2.45, 2.75) is 20.8 Å². The first-order valence-corrected chi connectivity index (χ1v) is 10.8. The second-order valence-electron chi connectivity index (χ2n) is 7.19. The zero-order valence-electron chi connectivity index (χ0n) is 20.8. The molecule has 192 valence electrons. The summed E-state index contributed by atoms with van der Waals surface area (Å²) in [6.45, 7) is 6.58. The number of carbonyl (C=O) groups excluding carboxylic acids is 3. The van der Waals surface area contributed by atoms with E-state index in [0.29, 0.717) is 24.5 Å². The lowest BCUT2D eigenvalue weighted by atomic mass is 10.0. The summed E-state index contributed by atoms with van der Waals surface area (Å²) >= 11 is 0. The molecule has 0 spiro atoms. The standard InChI is InChI=1S/C23H27N5O8/c1-7-27(8-2)18-11-16(24-13(3)29)17(12-19(18)34-4)26-25-15-10-9-14(22(30)35-5)20(23(31)36-6)21(15)28(32)33/h9-12H,7-8H2,1-6H3,(H,24,29). The van der Waals surface area contributed by atoms with Crippen LogP contribution in [0.1, 0.15) is 41.5 Å². The molecule has 0 fully saturated rings. The Morgan fingerprint density at radius 2 is 1.61 bits per heavy atom. The maximum absolute atomic E-state index is 12.3. The summed E-state index contributed by atoms with van der Waals surface area (Å²) in [4.78, 5) is 49.3. The Balaban J connectivity index is 2.76. The van der Waals surface area contributed by atoms with Crippen LogP contribution >= 0.6 is 0 Å². The lowest BCUT2D eigenvalue weighted by Crippen LogP contribution is -2.22. The zero-order chi connectivity index (χ0) is 27.0. The number of hydrogen-bond acceptors (Lipinski definition) is 11. The van der Waals surface area contributed by atoms with Crippen LogP contribution in [0, 0.1) is 10.1 Å². The van der Waals surface area contributed by atoms with E-state index < -0.39 is 28.1 Å². The molecule has 0 heterocycles. The monoisotopic (exact) mass is 501 g/mol. The predicted molar refractivity (Wildman–Crippen MR) is 131 cm³/mol. The van der Waals surface area contributed by atoms with Crippen molar-refractivity contribution in [3.63, 3.8) is 0 Å². The van der Waals surface area contributed by atoms with Crippen LogP contribution in [0.15, 0.2) is 34.5 Å². The first-order valence-electron chi connectivity index (χ1n) is 10.8. The topological polar surface area (TPSA) is 162 Å². The third-order valence-corrected chi connectivity index (χ3v) is 5.11. The number of amides is 1. The van der Waals surface area contributed by atoms with Gasteiger partial charge in [-0.2, -0.15) is 0 Å². The number of hydrogen-bond donors (Lipinski definition) is 1. The molecule has 2 aromatic carbocycles. The van der Waals surface area contributed by atoms with Crippen molar-refractivity contribution in [2.24, 2.45) is 10.2 Å². The Morgan fingerprint density at radius 3 is 2.11 bits per heavy atom. The van der Waals surface area contributed by atoms with E-state index in [9.17, 15) is 24.5 Å². The van der Waals surface area contributed by atoms with Crippen molar-refractivity contribution in [3.05, 3.63) is 45.5 Å². The van der Waals surface area contributed by atoms with Gasteiger partial charge in [-0.15, -0.1) is 10.2 Å². The van der Waals surface area contributed by atoms with Gasteiger partial charge in [0.2, 0.25) is 5.91 Å². The maximum atomic E-state index is 12.3. The van der Waals surface area contributed by atoms with Crippen molar-refractivity contribution >= 4 is 46.3 Å². The van der Waals surface area contributed by atoms with E-state index in [-0.39, 0.29) is 28.5 Å². The molecule has 0 aliphatic heterocycles. The van der Waals surface area contributed by atoms with Crippen LogP contribution in [0.3, 0.4) is 0 Å². The van der Waals surface area contributed by atoms with Gasteiger partial charge in [-0.1, -0.05) is 0 Å². The predicted octanol–water partition coefficient (Wildman–Crippen LogP) is 4.40. The van der Waals surface area contributed by atoms with E-state index in [1.807, 2.05) is 18.7 Å². The summed E-state index contributed by atoms with van der Waals surface area (Å²) in [5, 5.41) is 22.6. The third kappa shape index (κ3) is 5.92. The number of nitro benzene ring substituents is 1. The average Bonchev–Trinajstić information content (AvgIpc) is 2.86. The smallest absolute Gasteiger partial charge is 0.345 e. The van der Waals surface area contributed by atoms with Crippen molar-refractivity contribution in [2.75, 3.05) is 44.6 Å². The number of azo groups is 1. The van der Waals surface area contributed by atoms with E-state index >= 15 is 0 Å². The van der Waals surface area contributed by atoms with Crippen LogP contribution in [-0.2, 0) is 14.3 Å². The van der Waals surface area contributed by atoms with Crippen molar-refractivity contribution in [1.29, 1.82) is 0 Å². The highest BCUT2D eigenvalue weighted by atomic mass is 16.6. The quantitative estimate of drug-likeness (QED) is 0.215. The largest absolute Gasteiger partial charge is 0.494 e. The summed E-state index contributed by atoms with van der Waals surface area (Å²) in [5.41, 5.74) is -0.970. The fraction of sp³-hybridized carbons (Fsp3) is 0.348. The molecule has 1 amide bonds. The van der Waals surface area contributed by atoms with Gasteiger partial charge in [0, 0.05) is 26.1 Å². The van der Waals surface area contributed by atoms with Gasteiger partial charge >= 0.3 is 17.6 Å². The molecular weight excluding hydrogens is 474 g/mol. The molecule has 0 radical (unpaired) electrons. The summed E-state index contributed by atoms with van der Waals surface area (Å²) in [5.74, 6) is -2.02. The van der Waals surface area contributed by atoms with Crippen molar-refractivity contribution in [1.82, 2.24) is 0 Å². The number of benzene rings is 2. The Morgan fingerprint density at radius 1 is 1.00 bits per heavy atom. The van der Waals surface area contributed by atoms with Crippen molar-refractivity contribution in [3.8, 4) is 5.75 Å². The zero-order valence-corrected chi connectivity index (χ0v) is 20.8. The number of ether oxygens (including phenoxy) is 3. The molecule has 0 aromatic heterocycles. The average molecular weight is 501 g/mol. The number of rotatable bonds is 10. The Bertz CT molecular complexity index is 1210. The maximum Gasteiger partial charge on any atom is 0.345 e. The summed E-state index contributed by atoms with van der Waals surface area (Å²) in [6, 6.07) is 5.49. The molecule has 0 bridgehead atoms. The molecule has 2 aromatic rings. The van der Waals surface area contributed by atoms with Gasteiger partial charge in [0.15, 0.2) is 11.3 Å². The Labute approximate surface area is 207 Å². The minimum Gasteiger partial charge on any atom is -0.494 e. The second-order valence-corrected chi connectivity index (χ2v) is 7.19. The fourth-order valence-corrected chi connectivity index (χ4v) is 3.45. The van der Waals surface area contributed by atoms with E-state index in [4.69, 9.17) is 4.74 Å². The summed E-state index contributed by atoms with van der Waals surface area (Å²) in [6.07, 6.45) is 0. The van der Waals surface area contributed by atoms with Gasteiger partial charge in [-0.05, 0) is 32.0 Å². The van der Waals surface area contributed by atoms with E-state index in [2.05, 4.69) is 25.0 Å². The molecular formula is C23H27N5O8. The number of esters is 2. The first kappa shape index (κ1) is 27.7. The van der Waals surface area contributed by atoms with Gasteiger partial charge < -0.3 is 24.4 Å². The Kier molecular flexibility index (Phi) is 9.42. The van der Waals surface area contributed by atoms with E-state index in [0.717, 1.165) is 26.4 Å². The molecule has 2 rings (SSSR count). The van der Waals surface area contributed by atoms with Gasteiger partial charge in [0.1, 0.15) is 11.4 Å². The van der Waals surface area contributed by atoms with Gasteiger partial charge in [-0.25, -0.2) is 9.59 Å². The molecule has 0 aliphatic rings. The van der Waals surface area contributed by atoms with Crippen LogP contribution in [0.5, 0.6) is 5.75 Å². The number of carbonyl (C=O) groups is 3.